The smallest absolute Gasteiger partial charge is 0.226 e. The van der Waals surface area contributed by atoms with E-state index in [2.05, 4.69) is 4.98 Å². The second-order valence-corrected chi connectivity index (χ2v) is 6.18. The maximum Gasteiger partial charge on any atom is 0.226 e. The molecule has 1 unspecified atom stereocenters. The molecular weight excluding hydrogens is 291 g/mol. The molecule has 0 saturated carbocycles. The Hall–Kier alpha value is -2.23. The minimum Gasteiger partial charge on any atom is -0.342 e. The first-order valence-corrected chi connectivity index (χ1v) is 8.13. The largest absolute Gasteiger partial charge is 0.342 e. The summed E-state index contributed by atoms with van der Waals surface area (Å²) in [5.74, 6) is 0.327. The normalized spacial score (nSPS) is 18.0. The van der Waals surface area contributed by atoms with Crippen LogP contribution in [-0.2, 0) is 17.6 Å². The number of hydrogen-bond acceptors (Lipinski definition) is 2. The van der Waals surface area contributed by atoms with Gasteiger partial charge < -0.3 is 4.90 Å². The number of halogens is 1. The molecule has 0 N–H and O–H groups in total. The Morgan fingerprint density at radius 1 is 1.22 bits per heavy atom. The van der Waals surface area contributed by atoms with Gasteiger partial charge in [0.25, 0.3) is 0 Å². The molecule has 2 aromatic rings. The zero-order valence-electron chi connectivity index (χ0n) is 13.1. The van der Waals surface area contributed by atoms with Crippen LogP contribution in [-0.4, -0.2) is 28.9 Å². The highest BCUT2D eigenvalue weighted by molar-refractivity contribution is 5.78. The van der Waals surface area contributed by atoms with E-state index in [0.717, 1.165) is 43.6 Å². The van der Waals surface area contributed by atoms with Crippen LogP contribution in [0.1, 0.15) is 24.1 Å². The lowest BCUT2D eigenvalue weighted by molar-refractivity contribution is -0.132. The second kappa shape index (κ2) is 7.36. The number of amides is 1. The first-order valence-electron chi connectivity index (χ1n) is 8.13. The van der Waals surface area contributed by atoms with Crippen molar-refractivity contribution in [3.63, 3.8) is 0 Å². The number of benzene rings is 1. The number of piperidine rings is 1. The van der Waals surface area contributed by atoms with Crippen LogP contribution in [0, 0.1) is 11.7 Å². The molecule has 0 radical (unpaired) electrons. The molecule has 0 spiro atoms. The van der Waals surface area contributed by atoms with Crippen molar-refractivity contribution in [2.24, 2.45) is 5.92 Å². The third-order valence-electron chi connectivity index (χ3n) is 4.36. The summed E-state index contributed by atoms with van der Waals surface area (Å²) >= 11 is 0. The summed E-state index contributed by atoms with van der Waals surface area (Å²) < 4.78 is 12.9. The molecule has 0 aliphatic carbocycles. The van der Waals surface area contributed by atoms with E-state index >= 15 is 0 Å². The predicted octanol–water partition coefficient (Wildman–Crippen LogP) is 3.24. The molecule has 1 amide bonds. The third kappa shape index (κ3) is 4.38. The predicted molar refractivity (Wildman–Crippen MR) is 87.3 cm³/mol. The maximum atomic E-state index is 12.9. The molecule has 1 aliphatic rings. The summed E-state index contributed by atoms with van der Waals surface area (Å²) in [6, 6.07) is 12.1. The van der Waals surface area contributed by atoms with Crippen molar-refractivity contribution in [2.75, 3.05) is 13.1 Å². The van der Waals surface area contributed by atoms with E-state index < -0.39 is 0 Å². The van der Waals surface area contributed by atoms with Crippen LogP contribution in [0.5, 0.6) is 0 Å². The van der Waals surface area contributed by atoms with Crippen LogP contribution in [0.4, 0.5) is 4.39 Å². The van der Waals surface area contributed by atoms with Crippen molar-refractivity contribution in [3.05, 3.63) is 65.7 Å². The number of carbonyl (C=O) groups is 1. The number of aromatic nitrogens is 1. The van der Waals surface area contributed by atoms with E-state index in [4.69, 9.17) is 0 Å². The minimum atomic E-state index is -0.269. The lowest BCUT2D eigenvalue weighted by atomic mass is 9.93. The molecule has 1 saturated heterocycles. The molecule has 3 nitrogen and oxygen atoms in total. The van der Waals surface area contributed by atoms with Gasteiger partial charge in [0.2, 0.25) is 5.91 Å². The molecule has 1 fully saturated rings. The summed E-state index contributed by atoms with van der Waals surface area (Å²) in [6.45, 7) is 1.61. The summed E-state index contributed by atoms with van der Waals surface area (Å²) in [6.07, 6.45) is 5.25. The number of rotatable bonds is 4. The third-order valence-corrected chi connectivity index (χ3v) is 4.36. The molecule has 0 bridgehead atoms. The van der Waals surface area contributed by atoms with Gasteiger partial charge in [-0.05, 0) is 55.0 Å². The summed E-state index contributed by atoms with van der Waals surface area (Å²) in [5.41, 5.74) is 1.95. The van der Waals surface area contributed by atoms with Crippen molar-refractivity contribution in [2.45, 2.75) is 25.7 Å². The molecule has 1 aromatic heterocycles. The first kappa shape index (κ1) is 15.7. The average molecular weight is 312 g/mol. The fourth-order valence-corrected chi connectivity index (χ4v) is 3.16. The van der Waals surface area contributed by atoms with Gasteiger partial charge in [-0.15, -0.1) is 0 Å². The van der Waals surface area contributed by atoms with Crippen LogP contribution in [0.3, 0.4) is 0 Å². The van der Waals surface area contributed by atoms with Crippen molar-refractivity contribution in [1.82, 2.24) is 9.88 Å². The Balaban J connectivity index is 1.57. The van der Waals surface area contributed by atoms with Crippen LogP contribution < -0.4 is 0 Å². The second-order valence-electron chi connectivity index (χ2n) is 6.18. The fraction of sp³-hybridized carbons (Fsp3) is 0.368. The zero-order valence-corrected chi connectivity index (χ0v) is 13.1. The molecule has 4 heteroatoms. The van der Waals surface area contributed by atoms with E-state index in [-0.39, 0.29) is 11.7 Å². The quantitative estimate of drug-likeness (QED) is 0.868. The Morgan fingerprint density at radius 2 is 2.04 bits per heavy atom. The highest BCUT2D eigenvalue weighted by Gasteiger charge is 2.24. The lowest BCUT2D eigenvalue weighted by Crippen LogP contribution is -2.41. The molecule has 1 aromatic carbocycles. The number of nitrogens with zero attached hydrogens (tertiary/aromatic N) is 2. The van der Waals surface area contributed by atoms with Gasteiger partial charge in [-0.25, -0.2) is 4.39 Å². The van der Waals surface area contributed by atoms with Crippen LogP contribution in [0.25, 0.3) is 0 Å². The van der Waals surface area contributed by atoms with Crippen molar-refractivity contribution in [3.8, 4) is 0 Å². The molecule has 23 heavy (non-hydrogen) atoms. The molecule has 3 rings (SSSR count). The van der Waals surface area contributed by atoms with Crippen molar-refractivity contribution < 1.29 is 9.18 Å². The van der Waals surface area contributed by atoms with Gasteiger partial charge in [0.05, 0.1) is 6.42 Å². The summed E-state index contributed by atoms with van der Waals surface area (Å²) in [5, 5.41) is 0. The fourth-order valence-electron chi connectivity index (χ4n) is 3.16. The average Bonchev–Trinajstić information content (AvgIpc) is 2.58. The maximum absolute atomic E-state index is 12.9. The minimum absolute atomic E-state index is 0.127. The number of hydrogen-bond donors (Lipinski definition) is 0. The molecule has 2 heterocycles. The number of pyridine rings is 1. The molecule has 1 aliphatic heterocycles. The highest BCUT2D eigenvalue weighted by Crippen LogP contribution is 2.21. The van der Waals surface area contributed by atoms with Crippen molar-refractivity contribution in [1.29, 1.82) is 0 Å². The van der Waals surface area contributed by atoms with E-state index in [1.54, 1.807) is 12.1 Å². The topological polar surface area (TPSA) is 33.2 Å². The van der Waals surface area contributed by atoms with Gasteiger partial charge in [0.1, 0.15) is 5.82 Å². The Kier molecular flexibility index (Phi) is 5.01. The number of carbonyl (C=O) groups excluding carboxylic acids is 1. The van der Waals surface area contributed by atoms with Gasteiger partial charge in [-0.3, -0.25) is 9.78 Å². The molecule has 1 atom stereocenters. The van der Waals surface area contributed by atoms with Gasteiger partial charge in [-0.2, -0.15) is 0 Å². The standard InChI is InChI=1S/C19H21FN2O/c20-17-8-6-15(7-9-17)13-19(23)22-11-3-4-16(14-22)12-18-5-1-2-10-21-18/h1-2,5-10,16H,3-4,11-14H2. The van der Waals surface area contributed by atoms with E-state index in [9.17, 15) is 9.18 Å². The van der Waals surface area contributed by atoms with Crippen LogP contribution >= 0.6 is 0 Å². The first-order chi connectivity index (χ1) is 11.2. The molecular formula is C19H21FN2O. The van der Waals surface area contributed by atoms with Gasteiger partial charge in [-0.1, -0.05) is 18.2 Å². The monoisotopic (exact) mass is 312 g/mol. The van der Waals surface area contributed by atoms with Crippen LogP contribution in [0.2, 0.25) is 0 Å². The van der Waals surface area contributed by atoms with Gasteiger partial charge in [0.15, 0.2) is 0 Å². The van der Waals surface area contributed by atoms with Crippen LogP contribution in [0.15, 0.2) is 48.7 Å². The zero-order chi connectivity index (χ0) is 16.1. The van der Waals surface area contributed by atoms with E-state index in [1.807, 2.05) is 29.3 Å². The number of likely N-dealkylation sites (tertiary alicyclic amines) is 1. The lowest BCUT2D eigenvalue weighted by Gasteiger charge is -2.33. The highest BCUT2D eigenvalue weighted by atomic mass is 19.1. The molecule has 120 valence electrons. The van der Waals surface area contributed by atoms with E-state index in [1.165, 1.54) is 12.1 Å². The Morgan fingerprint density at radius 3 is 2.78 bits per heavy atom. The Bertz CT molecular complexity index is 642. The SMILES string of the molecule is O=C(Cc1ccc(F)cc1)N1CCCC(Cc2ccccn2)C1. The van der Waals surface area contributed by atoms with Crippen molar-refractivity contribution >= 4 is 5.91 Å². The van der Waals surface area contributed by atoms with E-state index in [0.29, 0.717) is 12.3 Å². The van der Waals surface area contributed by atoms with Gasteiger partial charge in [0, 0.05) is 25.0 Å². The summed E-state index contributed by atoms with van der Waals surface area (Å²) in [7, 11) is 0. The Labute approximate surface area is 136 Å². The summed E-state index contributed by atoms with van der Waals surface area (Å²) in [4.78, 5) is 18.8. The van der Waals surface area contributed by atoms with Gasteiger partial charge >= 0.3 is 0 Å².